The van der Waals surface area contributed by atoms with Crippen LogP contribution in [0, 0.1) is 5.41 Å². The van der Waals surface area contributed by atoms with Gasteiger partial charge in [-0.15, -0.1) is 0 Å². The van der Waals surface area contributed by atoms with Crippen LogP contribution in [-0.4, -0.2) is 36.3 Å². The standard InChI is InChI=1S/C18H26N4O4/c1-17(2,3)9-21-12-8-11(18(4,5)26)20-22(12)16(25)13(15(21)24)14(23)19-10-6-7-10/h8,10,25-26H,6-7,9H2,1-5H3,(H,19,23). The van der Waals surface area contributed by atoms with E-state index in [1.165, 1.54) is 4.57 Å². The number of aromatic nitrogens is 3. The van der Waals surface area contributed by atoms with Crippen molar-refractivity contribution in [2.45, 2.75) is 65.6 Å². The van der Waals surface area contributed by atoms with E-state index in [9.17, 15) is 19.8 Å². The Hall–Kier alpha value is -2.35. The lowest BCUT2D eigenvalue weighted by molar-refractivity contribution is 0.0734. The smallest absolute Gasteiger partial charge is 0.270 e. The molecule has 1 saturated carbocycles. The van der Waals surface area contributed by atoms with Crippen LogP contribution in [0.3, 0.4) is 0 Å². The Balaban J connectivity index is 2.27. The second-order valence-corrected chi connectivity index (χ2v) is 8.76. The predicted molar refractivity (Wildman–Crippen MR) is 96.3 cm³/mol. The third-order valence-corrected chi connectivity index (χ3v) is 4.25. The first-order valence-electron chi connectivity index (χ1n) is 8.78. The third kappa shape index (κ3) is 3.46. The summed E-state index contributed by atoms with van der Waals surface area (Å²) in [4.78, 5) is 25.5. The summed E-state index contributed by atoms with van der Waals surface area (Å²) in [7, 11) is 0. The highest BCUT2D eigenvalue weighted by Crippen LogP contribution is 2.26. The fourth-order valence-electron chi connectivity index (χ4n) is 2.77. The highest BCUT2D eigenvalue weighted by Gasteiger charge is 2.31. The molecule has 0 radical (unpaired) electrons. The molecule has 1 fully saturated rings. The molecule has 8 heteroatoms. The van der Waals surface area contributed by atoms with Crippen LogP contribution in [0.25, 0.3) is 5.65 Å². The van der Waals surface area contributed by atoms with E-state index in [1.54, 1.807) is 19.9 Å². The minimum Gasteiger partial charge on any atom is -0.492 e. The van der Waals surface area contributed by atoms with Gasteiger partial charge in [0.15, 0.2) is 5.56 Å². The van der Waals surface area contributed by atoms with Crippen LogP contribution >= 0.6 is 0 Å². The molecule has 0 spiro atoms. The zero-order chi connectivity index (χ0) is 19.4. The van der Waals surface area contributed by atoms with Gasteiger partial charge in [0.2, 0.25) is 5.88 Å². The van der Waals surface area contributed by atoms with E-state index in [2.05, 4.69) is 10.4 Å². The van der Waals surface area contributed by atoms with E-state index in [0.29, 0.717) is 17.9 Å². The van der Waals surface area contributed by atoms with Gasteiger partial charge >= 0.3 is 0 Å². The lowest BCUT2D eigenvalue weighted by Crippen LogP contribution is -2.37. The van der Waals surface area contributed by atoms with Crippen molar-refractivity contribution in [2.75, 3.05) is 0 Å². The van der Waals surface area contributed by atoms with Gasteiger partial charge in [-0.25, -0.2) is 0 Å². The van der Waals surface area contributed by atoms with Crippen molar-refractivity contribution in [3.05, 3.63) is 27.7 Å². The summed E-state index contributed by atoms with van der Waals surface area (Å²) in [5.74, 6) is -1.11. The summed E-state index contributed by atoms with van der Waals surface area (Å²) >= 11 is 0. The molecule has 3 N–H and O–H groups in total. The van der Waals surface area contributed by atoms with E-state index < -0.39 is 22.9 Å². The second-order valence-electron chi connectivity index (χ2n) is 8.76. The summed E-state index contributed by atoms with van der Waals surface area (Å²) < 4.78 is 2.59. The predicted octanol–water partition coefficient (Wildman–Crippen LogP) is 1.37. The maximum absolute atomic E-state index is 13.0. The average Bonchev–Trinajstić information content (AvgIpc) is 3.15. The average molecular weight is 362 g/mol. The Morgan fingerprint density at radius 1 is 1.31 bits per heavy atom. The van der Waals surface area contributed by atoms with Crippen LogP contribution < -0.4 is 10.9 Å². The van der Waals surface area contributed by atoms with Crippen LogP contribution in [0.15, 0.2) is 10.9 Å². The molecule has 0 unspecified atom stereocenters. The van der Waals surface area contributed by atoms with Crippen molar-refractivity contribution in [1.29, 1.82) is 0 Å². The molecule has 0 aromatic carbocycles. The van der Waals surface area contributed by atoms with Crippen LogP contribution in [0.1, 0.15) is 63.5 Å². The molecule has 2 heterocycles. The van der Waals surface area contributed by atoms with Crippen LogP contribution in [0.2, 0.25) is 0 Å². The van der Waals surface area contributed by atoms with Crippen LogP contribution in [-0.2, 0) is 12.1 Å². The SMILES string of the molecule is CC(C)(C)Cn1c(=O)c(C(=O)NC2CC2)c(O)n2nc(C(C)(C)O)cc12. The molecular formula is C18H26N4O4. The molecular weight excluding hydrogens is 336 g/mol. The van der Waals surface area contributed by atoms with Gasteiger partial charge in [0.05, 0.1) is 5.69 Å². The molecule has 26 heavy (non-hydrogen) atoms. The fourth-order valence-corrected chi connectivity index (χ4v) is 2.77. The van der Waals surface area contributed by atoms with Gasteiger partial charge < -0.3 is 15.5 Å². The van der Waals surface area contributed by atoms with Crippen LogP contribution in [0.5, 0.6) is 5.88 Å². The van der Waals surface area contributed by atoms with E-state index in [4.69, 9.17) is 0 Å². The van der Waals surface area contributed by atoms with Crippen LogP contribution in [0.4, 0.5) is 0 Å². The first-order chi connectivity index (χ1) is 11.9. The molecule has 0 saturated heterocycles. The number of carbonyl (C=O) groups excluding carboxylic acids is 1. The maximum Gasteiger partial charge on any atom is 0.270 e. The normalized spacial score (nSPS) is 15.5. The van der Waals surface area contributed by atoms with E-state index >= 15 is 0 Å². The van der Waals surface area contributed by atoms with Crippen molar-refractivity contribution in [2.24, 2.45) is 5.41 Å². The minimum atomic E-state index is -1.25. The maximum atomic E-state index is 13.0. The Morgan fingerprint density at radius 2 is 1.92 bits per heavy atom. The van der Waals surface area contributed by atoms with Gasteiger partial charge in [-0.3, -0.25) is 14.2 Å². The minimum absolute atomic E-state index is 0.0534. The molecule has 3 rings (SSSR count). The van der Waals surface area contributed by atoms with Crippen molar-refractivity contribution in [3.8, 4) is 5.88 Å². The van der Waals surface area contributed by atoms with Gasteiger partial charge in [-0.1, -0.05) is 20.8 Å². The van der Waals surface area contributed by atoms with E-state index in [1.807, 2.05) is 20.8 Å². The Labute approximate surface area is 151 Å². The number of aliphatic hydroxyl groups is 1. The molecule has 0 atom stereocenters. The number of nitrogens with one attached hydrogen (secondary N) is 1. The zero-order valence-corrected chi connectivity index (χ0v) is 15.8. The first kappa shape index (κ1) is 18.4. The number of fused-ring (bicyclic) bond motifs is 1. The van der Waals surface area contributed by atoms with Crippen molar-refractivity contribution >= 4 is 11.6 Å². The molecule has 0 aliphatic heterocycles. The molecule has 8 nitrogen and oxygen atoms in total. The van der Waals surface area contributed by atoms with E-state index in [0.717, 1.165) is 17.4 Å². The van der Waals surface area contributed by atoms with Gasteiger partial charge in [-0.2, -0.15) is 9.61 Å². The van der Waals surface area contributed by atoms with Crippen molar-refractivity contribution in [1.82, 2.24) is 19.5 Å². The second kappa shape index (κ2) is 5.84. The number of carbonyl (C=O) groups is 1. The fraction of sp³-hybridized carbons (Fsp3) is 0.611. The van der Waals surface area contributed by atoms with Gasteiger partial charge in [0, 0.05) is 18.7 Å². The van der Waals surface area contributed by atoms with Gasteiger partial charge in [0.1, 0.15) is 11.2 Å². The number of nitrogens with zero attached hydrogens (tertiary/aromatic N) is 3. The zero-order valence-electron chi connectivity index (χ0n) is 15.8. The first-order valence-corrected chi connectivity index (χ1v) is 8.78. The molecule has 1 aliphatic carbocycles. The lowest BCUT2D eigenvalue weighted by Gasteiger charge is -2.21. The molecule has 142 valence electrons. The summed E-state index contributed by atoms with van der Waals surface area (Å²) in [5, 5.41) is 27.8. The summed E-state index contributed by atoms with van der Waals surface area (Å²) in [6, 6.07) is 1.62. The number of amides is 1. The molecule has 1 aliphatic rings. The summed E-state index contributed by atoms with van der Waals surface area (Å²) in [5.41, 5.74) is -1.75. The molecule has 1 amide bonds. The van der Waals surface area contributed by atoms with Gasteiger partial charge in [0.25, 0.3) is 11.5 Å². The topological polar surface area (TPSA) is 109 Å². The lowest BCUT2D eigenvalue weighted by atomic mass is 9.96. The highest BCUT2D eigenvalue weighted by molar-refractivity contribution is 5.96. The van der Waals surface area contributed by atoms with E-state index in [-0.39, 0.29) is 17.0 Å². The monoisotopic (exact) mass is 362 g/mol. The molecule has 2 aromatic heterocycles. The molecule has 2 aromatic rings. The number of aromatic hydroxyl groups is 1. The number of hydrogen-bond donors (Lipinski definition) is 3. The van der Waals surface area contributed by atoms with Gasteiger partial charge in [-0.05, 0) is 32.1 Å². The third-order valence-electron chi connectivity index (χ3n) is 4.25. The highest BCUT2D eigenvalue weighted by atomic mass is 16.3. The molecule has 0 bridgehead atoms. The largest absolute Gasteiger partial charge is 0.492 e. The Kier molecular flexibility index (Phi) is 4.14. The van der Waals surface area contributed by atoms with Crippen molar-refractivity contribution < 1.29 is 15.0 Å². The summed E-state index contributed by atoms with van der Waals surface area (Å²) in [6.45, 7) is 9.38. The van der Waals surface area contributed by atoms with Crippen molar-refractivity contribution in [3.63, 3.8) is 0 Å². The quantitative estimate of drug-likeness (QED) is 0.761. The summed E-state index contributed by atoms with van der Waals surface area (Å²) in [6.07, 6.45) is 1.74. The Bertz CT molecular complexity index is 924. The Morgan fingerprint density at radius 3 is 2.42 bits per heavy atom. The number of hydrogen-bond acceptors (Lipinski definition) is 5. The number of rotatable bonds is 4.